The van der Waals surface area contributed by atoms with Crippen molar-refractivity contribution in [1.82, 2.24) is 4.90 Å². The number of benzene rings is 1. The lowest BCUT2D eigenvalue weighted by molar-refractivity contribution is 0.522. The van der Waals surface area contributed by atoms with Crippen LogP contribution in [0, 0.1) is 6.92 Å². The van der Waals surface area contributed by atoms with Gasteiger partial charge in [0.2, 0.25) is 0 Å². The van der Waals surface area contributed by atoms with Crippen LogP contribution in [-0.2, 0) is 0 Å². The molecule has 0 aromatic heterocycles. The van der Waals surface area contributed by atoms with Crippen LogP contribution in [0.2, 0.25) is 0 Å². The highest BCUT2D eigenvalue weighted by atomic mass is 32.1. The molecule has 2 nitrogen and oxygen atoms in total. The van der Waals surface area contributed by atoms with Crippen molar-refractivity contribution in [1.29, 1.82) is 0 Å². The Bertz CT molecular complexity index is 402. The average molecular weight is 246 g/mol. The van der Waals surface area contributed by atoms with E-state index in [0.717, 1.165) is 5.69 Å². The molecule has 0 bridgehead atoms. The van der Waals surface area contributed by atoms with Crippen molar-refractivity contribution < 1.29 is 0 Å². The van der Waals surface area contributed by atoms with Gasteiger partial charge in [0.25, 0.3) is 0 Å². The summed E-state index contributed by atoms with van der Waals surface area (Å²) in [5, 5.41) is 3.90. The predicted octanol–water partition coefficient (Wildman–Crippen LogP) is 3.37. The lowest BCUT2D eigenvalue weighted by Gasteiger charge is -2.23. The van der Waals surface area contributed by atoms with Crippen LogP contribution in [0.3, 0.4) is 0 Å². The Morgan fingerprint density at radius 2 is 2.00 bits per heavy atom. The van der Waals surface area contributed by atoms with Crippen LogP contribution in [0.4, 0.5) is 5.69 Å². The van der Waals surface area contributed by atoms with Gasteiger partial charge in [0.05, 0.1) is 0 Å². The summed E-state index contributed by atoms with van der Waals surface area (Å²) >= 11 is 5.35. The monoisotopic (exact) mass is 246 g/mol. The minimum absolute atomic E-state index is 0.690. The maximum atomic E-state index is 5.35. The van der Waals surface area contributed by atoms with Gasteiger partial charge in [0.15, 0.2) is 5.11 Å². The molecule has 1 aromatic rings. The molecule has 0 radical (unpaired) electrons. The lowest BCUT2D eigenvalue weighted by Crippen LogP contribution is -2.34. The van der Waals surface area contributed by atoms with Gasteiger partial charge in [0, 0.05) is 18.8 Å². The third-order valence-corrected chi connectivity index (χ3v) is 2.62. The number of rotatable bonds is 5. The third kappa shape index (κ3) is 4.41. The summed E-state index contributed by atoms with van der Waals surface area (Å²) in [5.74, 6) is 0. The molecule has 0 aliphatic rings. The van der Waals surface area contributed by atoms with Crippen molar-refractivity contribution in [3.63, 3.8) is 0 Å². The summed E-state index contributed by atoms with van der Waals surface area (Å²) in [7, 11) is 0. The number of anilines is 1. The molecule has 0 unspecified atom stereocenters. The molecule has 1 aromatic carbocycles. The van der Waals surface area contributed by atoms with Gasteiger partial charge in [-0.05, 0) is 36.8 Å². The first-order valence-corrected chi connectivity index (χ1v) is 5.92. The molecule has 0 saturated heterocycles. The summed E-state index contributed by atoms with van der Waals surface area (Å²) in [6.07, 6.45) is 3.65. The zero-order valence-corrected chi connectivity index (χ0v) is 11.0. The van der Waals surface area contributed by atoms with Gasteiger partial charge in [-0.2, -0.15) is 0 Å². The van der Waals surface area contributed by atoms with Gasteiger partial charge in [0.1, 0.15) is 0 Å². The van der Waals surface area contributed by atoms with Crippen LogP contribution < -0.4 is 5.32 Å². The van der Waals surface area contributed by atoms with Gasteiger partial charge >= 0.3 is 0 Å². The molecule has 0 amide bonds. The molecule has 3 heteroatoms. The first-order valence-electron chi connectivity index (χ1n) is 5.51. The molecular weight excluding hydrogens is 228 g/mol. The second kappa shape index (κ2) is 6.86. The van der Waals surface area contributed by atoms with E-state index in [1.807, 2.05) is 29.2 Å². The van der Waals surface area contributed by atoms with Gasteiger partial charge in [-0.25, -0.2) is 0 Å². The van der Waals surface area contributed by atoms with Crippen molar-refractivity contribution >= 4 is 23.0 Å². The van der Waals surface area contributed by atoms with Gasteiger partial charge in [-0.15, -0.1) is 13.2 Å². The zero-order chi connectivity index (χ0) is 12.7. The molecule has 90 valence electrons. The Labute approximate surface area is 109 Å². The molecule has 0 aliphatic carbocycles. The van der Waals surface area contributed by atoms with Crippen molar-refractivity contribution in [3.05, 3.63) is 55.1 Å². The van der Waals surface area contributed by atoms with Gasteiger partial charge in [-0.3, -0.25) is 0 Å². The third-order valence-electron chi connectivity index (χ3n) is 2.26. The number of nitrogens with zero attached hydrogens (tertiary/aromatic N) is 1. The van der Waals surface area contributed by atoms with E-state index < -0.39 is 0 Å². The maximum absolute atomic E-state index is 5.35. The fourth-order valence-corrected chi connectivity index (χ4v) is 1.74. The Kier molecular flexibility index (Phi) is 5.43. The van der Waals surface area contributed by atoms with Crippen molar-refractivity contribution in [2.45, 2.75) is 6.92 Å². The number of aryl methyl sites for hydroxylation is 1. The van der Waals surface area contributed by atoms with Crippen molar-refractivity contribution in [2.24, 2.45) is 0 Å². The van der Waals surface area contributed by atoms with Crippen molar-refractivity contribution in [3.8, 4) is 0 Å². The van der Waals surface area contributed by atoms with Crippen LogP contribution in [0.5, 0.6) is 0 Å². The summed E-state index contributed by atoms with van der Waals surface area (Å²) in [5.41, 5.74) is 2.21. The Balaban J connectivity index is 2.68. The molecule has 0 saturated carbocycles. The smallest absolute Gasteiger partial charge is 0.173 e. The van der Waals surface area contributed by atoms with E-state index in [-0.39, 0.29) is 0 Å². The van der Waals surface area contributed by atoms with E-state index in [2.05, 4.69) is 37.5 Å². The first-order chi connectivity index (χ1) is 8.17. The fraction of sp³-hybridized carbons (Fsp3) is 0.214. The second-order valence-corrected chi connectivity index (χ2v) is 4.17. The highest BCUT2D eigenvalue weighted by molar-refractivity contribution is 7.80. The molecule has 0 spiro atoms. The Hall–Kier alpha value is -1.61. The van der Waals surface area contributed by atoms with Crippen LogP contribution >= 0.6 is 12.2 Å². The predicted molar refractivity (Wildman–Crippen MR) is 79.4 cm³/mol. The second-order valence-electron chi connectivity index (χ2n) is 3.78. The summed E-state index contributed by atoms with van der Waals surface area (Å²) in [6.45, 7) is 10.9. The minimum atomic E-state index is 0.690. The number of thiocarbonyl (C=S) groups is 1. The van der Waals surface area contributed by atoms with Crippen LogP contribution in [-0.4, -0.2) is 23.1 Å². The normalized spacial score (nSPS) is 9.47. The van der Waals surface area contributed by atoms with Crippen molar-refractivity contribution in [2.75, 3.05) is 18.4 Å². The number of hydrogen-bond acceptors (Lipinski definition) is 1. The Morgan fingerprint density at radius 1 is 1.35 bits per heavy atom. The molecule has 17 heavy (non-hydrogen) atoms. The highest BCUT2D eigenvalue weighted by Crippen LogP contribution is 2.10. The summed E-state index contributed by atoms with van der Waals surface area (Å²) < 4.78 is 0. The Morgan fingerprint density at radius 3 is 2.53 bits per heavy atom. The van der Waals surface area contributed by atoms with Gasteiger partial charge < -0.3 is 10.2 Å². The van der Waals surface area contributed by atoms with E-state index >= 15 is 0 Å². The van der Waals surface area contributed by atoms with E-state index in [0.29, 0.717) is 18.2 Å². The van der Waals surface area contributed by atoms with Crippen LogP contribution in [0.15, 0.2) is 49.6 Å². The molecule has 0 fully saturated rings. The molecule has 0 aliphatic heterocycles. The SMILES string of the molecule is C=CCN(CC=C)C(=S)Nc1cccc(C)c1. The lowest BCUT2D eigenvalue weighted by atomic mass is 10.2. The molecule has 1 N–H and O–H groups in total. The van der Waals surface area contributed by atoms with Gasteiger partial charge in [-0.1, -0.05) is 24.3 Å². The van der Waals surface area contributed by atoms with E-state index in [1.54, 1.807) is 0 Å². The number of hydrogen-bond donors (Lipinski definition) is 1. The molecular formula is C14H18N2S. The topological polar surface area (TPSA) is 15.3 Å². The largest absolute Gasteiger partial charge is 0.342 e. The summed E-state index contributed by atoms with van der Waals surface area (Å²) in [6, 6.07) is 8.12. The molecule has 1 rings (SSSR count). The molecule has 0 heterocycles. The molecule has 0 atom stereocenters. The van der Waals surface area contributed by atoms with E-state index in [1.165, 1.54) is 5.56 Å². The van der Waals surface area contributed by atoms with E-state index in [9.17, 15) is 0 Å². The van der Waals surface area contributed by atoms with Crippen LogP contribution in [0.25, 0.3) is 0 Å². The minimum Gasteiger partial charge on any atom is -0.342 e. The maximum Gasteiger partial charge on any atom is 0.173 e. The fourth-order valence-electron chi connectivity index (χ4n) is 1.48. The van der Waals surface area contributed by atoms with Crippen LogP contribution in [0.1, 0.15) is 5.56 Å². The van der Waals surface area contributed by atoms with E-state index in [4.69, 9.17) is 12.2 Å². The number of nitrogens with one attached hydrogen (secondary N) is 1. The highest BCUT2D eigenvalue weighted by Gasteiger charge is 2.06. The zero-order valence-electron chi connectivity index (χ0n) is 10.1. The average Bonchev–Trinajstić information content (AvgIpc) is 2.28. The first kappa shape index (κ1) is 13.5. The quantitative estimate of drug-likeness (QED) is 0.633. The summed E-state index contributed by atoms with van der Waals surface area (Å²) in [4.78, 5) is 2.00. The standard InChI is InChI=1S/C14H18N2S/c1-4-9-16(10-5-2)14(17)15-13-8-6-7-12(3)11-13/h4-8,11H,1-2,9-10H2,3H3,(H,15,17).